The van der Waals surface area contributed by atoms with Gasteiger partial charge in [0.2, 0.25) is 0 Å². The monoisotopic (exact) mass is 611 g/mol. The number of ether oxygens (including phenoxy) is 4. The van der Waals surface area contributed by atoms with Crippen LogP contribution in [0.5, 0.6) is 0 Å². The van der Waals surface area contributed by atoms with Gasteiger partial charge in [0.15, 0.2) is 6.29 Å². The zero-order chi connectivity index (χ0) is 32.9. The molecule has 2 aliphatic rings. The summed E-state index contributed by atoms with van der Waals surface area (Å²) in [6.07, 6.45) is 2.55. The molecule has 10 heteroatoms. The van der Waals surface area contributed by atoms with Crippen molar-refractivity contribution < 1.29 is 43.9 Å². The van der Waals surface area contributed by atoms with Gasteiger partial charge in [-0.15, -0.1) is 12.3 Å². The van der Waals surface area contributed by atoms with E-state index in [0.717, 1.165) is 13.0 Å². The van der Waals surface area contributed by atoms with Gasteiger partial charge in [-0.05, 0) is 54.0 Å². The quantitative estimate of drug-likeness (QED) is 0.291. The number of methoxy groups -OCH3 is 1. The molecule has 0 amide bonds. The highest BCUT2D eigenvalue weighted by Gasteiger charge is 2.51. The molecule has 0 saturated carbocycles. The molecular weight excluding hydrogens is 554 g/mol. The zero-order valence-corrected chi connectivity index (χ0v) is 27.9. The van der Waals surface area contributed by atoms with Gasteiger partial charge in [0.05, 0.1) is 35.9 Å². The van der Waals surface area contributed by atoms with Gasteiger partial charge in [-0.3, -0.25) is 9.59 Å². The zero-order valence-electron chi connectivity index (χ0n) is 27.9. The molecule has 2 heterocycles. The summed E-state index contributed by atoms with van der Waals surface area (Å²) >= 11 is 0. The maximum Gasteiger partial charge on any atom is 0.311 e. The molecular formula is C33H57NO9. The summed E-state index contributed by atoms with van der Waals surface area (Å²) in [6.45, 7) is 14.3. The number of hydrogen-bond acceptors (Lipinski definition) is 10. The third kappa shape index (κ3) is 8.78. The Balaban J connectivity index is 2.53. The highest BCUT2D eigenvalue weighted by molar-refractivity contribution is 5.83. The Hall–Kier alpha value is -1.58. The van der Waals surface area contributed by atoms with E-state index in [1.807, 2.05) is 20.9 Å². The largest absolute Gasteiger partial charge is 0.459 e. The molecule has 3 N–H and O–H groups in total. The van der Waals surface area contributed by atoms with Gasteiger partial charge in [0.25, 0.3) is 0 Å². The first-order chi connectivity index (χ1) is 19.9. The van der Waals surface area contributed by atoms with Crippen LogP contribution >= 0.6 is 0 Å². The van der Waals surface area contributed by atoms with Gasteiger partial charge in [-0.2, -0.15) is 0 Å². The van der Waals surface area contributed by atoms with E-state index in [-0.39, 0.29) is 30.8 Å². The van der Waals surface area contributed by atoms with Gasteiger partial charge in [0.1, 0.15) is 17.5 Å². The number of Topliss-reactive ketones (excluding diaryl/α,β-unsaturated/α-hetero) is 1. The van der Waals surface area contributed by atoms with Crippen molar-refractivity contribution in [2.24, 2.45) is 23.7 Å². The lowest BCUT2D eigenvalue weighted by atomic mass is 9.74. The minimum atomic E-state index is -1.89. The SMILES string of the molecule is C#CCCN(C)[C@@H]1CC(O[C@@H]2[C@@H](C)[C@H](O)[C@@H](C)C(=O)O[C@H](CC)[C@@](C)(O)[C@H](O)[C@@H](C)C(=O)[C@H](C)C[C@@]2(C)OC)O[C@H](C)C1. The van der Waals surface area contributed by atoms with Crippen molar-refractivity contribution in [2.75, 3.05) is 20.7 Å². The van der Waals surface area contributed by atoms with Crippen LogP contribution in [0.4, 0.5) is 0 Å². The van der Waals surface area contributed by atoms with Crippen molar-refractivity contribution in [2.45, 2.75) is 142 Å². The number of rotatable bonds is 7. The van der Waals surface area contributed by atoms with E-state index in [1.54, 1.807) is 34.6 Å². The summed E-state index contributed by atoms with van der Waals surface area (Å²) in [5.74, 6) is -1.50. The number of carbonyl (C=O) groups is 2. The Bertz CT molecular complexity index is 967. The molecule has 0 aromatic carbocycles. The Morgan fingerprint density at radius 3 is 2.28 bits per heavy atom. The summed E-state index contributed by atoms with van der Waals surface area (Å²) in [5.41, 5.74) is -2.99. The standard InChI is InChI=1S/C33H57NO9/c1-12-14-15-34(10)24-16-20(4)41-26(17-24)43-30-22(6)28(36)23(7)31(38)42-25(13-2)33(9,39)29(37)21(5)27(35)19(3)18-32(30,8)40-11/h1,19-26,28-30,36-37,39H,13-18H2,2-11H3/t19-,20-,21+,22+,23-,24+,25-,26?,28+,29-,30-,32-,33-/m1/s1. The van der Waals surface area contributed by atoms with Crippen LogP contribution in [0.25, 0.3) is 0 Å². The van der Waals surface area contributed by atoms with Gasteiger partial charge >= 0.3 is 5.97 Å². The van der Waals surface area contributed by atoms with Gasteiger partial charge in [-0.1, -0.05) is 27.7 Å². The lowest BCUT2D eigenvalue weighted by molar-refractivity contribution is -0.271. The van der Waals surface area contributed by atoms with Crippen molar-refractivity contribution in [1.82, 2.24) is 4.90 Å². The van der Waals surface area contributed by atoms with Crippen LogP contribution in [0.1, 0.15) is 87.5 Å². The van der Waals surface area contributed by atoms with E-state index in [4.69, 9.17) is 25.4 Å². The summed E-state index contributed by atoms with van der Waals surface area (Å²) in [7, 11) is 3.56. The molecule has 0 aromatic rings. The van der Waals surface area contributed by atoms with Gasteiger partial charge in [0, 0.05) is 50.3 Å². The molecule has 2 aliphatic heterocycles. The molecule has 43 heavy (non-hydrogen) atoms. The van der Waals surface area contributed by atoms with Crippen molar-refractivity contribution in [3.05, 3.63) is 0 Å². The highest BCUT2D eigenvalue weighted by Crippen LogP contribution is 2.39. The van der Waals surface area contributed by atoms with E-state index in [1.165, 1.54) is 14.0 Å². The molecule has 0 radical (unpaired) electrons. The fourth-order valence-electron chi connectivity index (χ4n) is 6.89. The van der Waals surface area contributed by atoms with Crippen molar-refractivity contribution in [3.8, 4) is 12.3 Å². The highest BCUT2D eigenvalue weighted by atomic mass is 16.7. The molecule has 0 bridgehead atoms. The third-order valence-electron chi connectivity index (χ3n) is 9.95. The predicted octanol–water partition coefficient (Wildman–Crippen LogP) is 2.94. The molecule has 248 valence electrons. The van der Waals surface area contributed by atoms with Crippen molar-refractivity contribution >= 4 is 11.8 Å². The van der Waals surface area contributed by atoms with Crippen LogP contribution in [0, 0.1) is 36.0 Å². The second-order valence-corrected chi connectivity index (χ2v) is 13.4. The molecule has 2 fully saturated rings. The minimum Gasteiger partial charge on any atom is -0.459 e. The fraction of sp³-hybridized carbons (Fsp3) is 0.879. The summed E-state index contributed by atoms with van der Waals surface area (Å²) in [6, 6.07) is 0.158. The molecule has 2 rings (SSSR count). The minimum absolute atomic E-state index is 0.0971. The Morgan fingerprint density at radius 2 is 1.72 bits per heavy atom. The number of ketones is 1. The first-order valence-electron chi connectivity index (χ1n) is 15.8. The lowest BCUT2D eigenvalue weighted by Crippen LogP contribution is -2.58. The number of esters is 1. The number of nitrogens with zero attached hydrogens (tertiary/aromatic N) is 1. The van der Waals surface area contributed by atoms with E-state index in [9.17, 15) is 24.9 Å². The number of carbonyl (C=O) groups excluding carboxylic acids is 2. The molecule has 2 saturated heterocycles. The van der Waals surface area contributed by atoms with Crippen LogP contribution < -0.4 is 0 Å². The first-order valence-corrected chi connectivity index (χ1v) is 15.8. The maximum absolute atomic E-state index is 13.6. The van der Waals surface area contributed by atoms with E-state index >= 15 is 0 Å². The van der Waals surface area contributed by atoms with Crippen molar-refractivity contribution in [3.63, 3.8) is 0 Å². The average Bonchev–Trinajstić information content (AvgIpc) is 2.97. The van der Waals surface area contributed by atoms with Gasteiger partial charge < -0.3 is 39.2 Å². The van der Waals surface area contributed by atoms with E-state index in [2.05, 4.69) is 10.8 Å². The topological polar surface area (TPSA) is 135 Å². The van der Waals surface area contributed by atoms with E-state index < -0.39 is 71.5 Å². The lowest BCUT2D eigenvalue weighted by Gasteiger charge is -2.47. The summed E-state index contributed by atoms with van der Waals surface area (Å²) in [5, 5.41) is 34.0. The smallest absolute Gasteiger partial charge is 0.311 e. The normalized spacial score (nSPS) is 44.0. The Labute approximate surface area is 258 Å². The number of hydrogen-bond donors (Lipinski definition) is 3. The van der Waals surface area contributed by atoms with E-state index in [0.29, 0.717) is 12.8 Å². The van der Waals surface area contributed by atoms with Crippen LogP contribution in [-0.4, -0.2) is 107 Å². The fourth-order valence-corrected chi connectivity index (χ4v) is 6.89. The molecule has 0 aromatic heterocycles. The van der Waals surface area contributed by atoms with Crippen molar-refractivity contribution in [1.29, 1.82) is 0 Å². The van der Waals surface area contributed by atoms with Crippen LogP contribution in [-0.2, 0) is 28.5 Å². The van der Waals surface area contributed by atoms with Gasteiger partial charge in [-0.25, -0.2) is 0 Å². The molecule has 10 nitrogen and oxygen atoms in total. The summed E-state index contributed by atoms with van der Waals surface area (Å²) in [4.78, 5) is 29.2. The predicted molar refractivity (Wildman–Crippen MR) is 163 cm³/mol. The average molecular weight is 612 g/mol. The second kappa shape index (κ2) is 15.6. The molecule has 1 unspecified atom stereocenters. The second-order valence-electron chi connectivity index (χ2n) is 13.4. The van der Waals surface area contributed by atoms with Crippen LogP contribution in [0.2, 0.25) is 0 Å². The number of aliphatic hydroxyl groups is 3. The number of cyclic esters (lactones) is 1. The Kier molecular flexibility index (Phi) is 13.7. The molecule has 0 spiro atoms. The molecule has 0 aliphatic carbocycles. The third-order valence-corrected chi connectivity index (χ3v) is 9.95. The summed E-state index contributed by atoms with van der Waals surface area (Å²) < 4.78 is 24.7. The Morgan fingerprint density at radius 1 is 1.09 bits per heavy atom. The number of terminal acetylenes is 1. The number of aliphatic hydroxyl groups excluding tert-OH is 2. The van der Waals surface area contributed by atoms with Crippen LogP contribution in [0.3, 0.4) is 0 Å². The first kappa shape index (κ1) is 37.6. The van der Waals surface area contributed by atoms with Crippen LogP contribution in [0.15, 0.2) is 0 Å². The molecule has 13 atom stereocenters. The maximum atomic E-state index is 13.6.